The highest BCUT2D eigenvalue weighted by Crippen LogP contribution is 2.21. The van der Waals surface area contributed by atoms with Gasteiger partial charge in [0.2, 0.25) is 0 Å². The monoisotopic (exact) mass is 326 g/mol. The molecule has 8 heteroatoms. The molecule has 0 amide bonds. The van der Waals surface area contributed by atoms with Gasteiger partial charge in [0.15, 0.2) is 17.1 Å². The second kappa shape index (κ2) is 5.99. The number of aromatic hydroxyl groups is 1. The summed E-state index contributed by atoms with van der Waals surface area (Å²) >= 11 is 0. The van der Waals surface area contributed by atoms with E-state index in [2.05, 4.69) is 15.3 Å². The van der Waals surface area contributed by atoms with E-state index in [-0.39, 0.29) is 22.9 Å². The molecule has 3 aromatic rings. The van der Waals surface area contributed by atoms with Crippen LogP contribution in [0.25, 0.3) is 5.69 Å². The van der Waals surface area contributed by atoms with Crippen LogP contribution in [-0.2, 0) is 0 Å². The van der Waals surface area contributed by atoms with Crippen molar-refractivity contribution >= 4 is 11.4 Å². The van der Waals surface area contributed by atoms with Crippen LogP contribution >= 0.6 is 0 Å². The van der Waals surface area contributed by atoms with Gasteiger partial charge in [0, 0.05) is 6.07 Å². The Labute approximate surface area is 135 Å². The van der Waals surface area contributed by atoms with Crippen molar-refractivity contribution in [1.82, 2.24) is 9.78 Å². The van der Waals surface area contributed by atoms with Crippen molar-refractivity contribution in [2.45, 2.75) is 13.8 Å². The molecule has 0 fully saturated rings. The van der Waals surface area contributed by atoms with Crippen molar-refractivity contribution in [3.8, 4) is 11.4 Å². The average molecular weight is 326 g/mol. The molecule has 24 heavy (non-hydrogen) atoms. The topological polar surface area (TPSA) is 113 Å². The number of hydrogen-bond donors (Lipinski definition) is 2. The fourth-order valence-corrected chi connectivity index (χ4v) is 2.21. The number of aromatic amines is 1. The van der Waals surface area contributed by atoms with E-state index in [4.69, 9.17) is 4.42 Å². The van der Waals surface area contributed by atoms with E-state index in [0.29, 0.717) is 11.4 Å². The third-order valence-electron chi connectivity index (χ3n) is 3.32. The number of azo groups is 1. The number of H-pyrrole nitrogens is 1. The lowest BCUT2D eigenvalue weighted by atomic mass is 10.3. The van der Waals surface area contributed by atoms with Gasteiger partial charge < -0.3 is 9.52 Å². The quantitative estimate of drug-likeness (QED) is 0.720. The maximum absolute atomic E-state index is 12.5. The summed E-state index contributed by atoms with van der Waals surface area (Å²) in [6.07, 6.45) is 0. The minimum absolute atomic E-state index is 0.0400. The Morgan fingerprint density at radius 2 is 1.83 bits per heavy atom. The highest BCUT2D eigenvalue weighted by atomic mass is 16.4. The summed E-state index contributed by atoms with van der Waals surface area (Å²) in [4.78, 5) is 24.4. The van der Waals surface area contributed by atoms with Gasteiger partial charge in [-0.05, 0) is 26.0 Å². The molecule has 0 saturated carbocycles. The largest absolute Gasteiger partial charge is 0.505 e. The number of hydrogen-bond acceptors (Lipinski definition) is 6. The molecule has 0 radical (unpaired) electrons. The zero-order valence-corrected chi connectivity index (χ0v) is 13.0. The van der Waals surface area contributed by atoms with Gasteiger partial charge in [-0.1, -0.05) is 18.2 Å². The van der Waals surface area contributed by atoms with Crippen molar-refractivity contribution in [2.75, 3.05) is 0 Å². The number of aromatic nitrogens is 2. The molecule has 0 atom stereocenters. The molecule has 1 aromatic carbocycles. The van der Waals surface area contributed by atoms with E-state index in [0.717, 1.165) is 4.68 Å². The van der Waals surface area contributed by atoms with Gasteiger partial charge >= 0.3 is 5.63 Å². The summed E-state index contributed by atoms with van der Waals surface area (Å²) in [5.74, 6) is -0.125. The summed E-state index contributed by atoms with van der Waals surface area (Å²) in [6.45, 7) is 3.14. The highest BCUT2D eigenvalue weighted by molar-refractivity contribution is 5.48. The molecule has 2 N–H and O–H groups in total. The third-order valence-corrected chi connectivity index (χ3v) is 3.32. The van der Waals surface area contributed by atoms with Crippen molar-refractivity contribution in [3.05, 3.63) is 68.6 Å². The first-order valence-electron chi connectivity index (χ1n) is 7.10. The summed E-state index contributed by atoms with van der Waals surface area (Å²) in [5, 5.41) is 20.6. The molecular formula is C16H14N4O4. The molecule has 0 aliphatic carbocycles. The number of rotatable bonds is 3. The van der Waals surface area contributed by atoms with Gasteiger partial charge in [-0.25, -0.2) is 9.48 Å². The number of aryl methyl sites for hydroxylation is 2. The van der Waals surface area contributed by atoms with Crippen molar-refractivity contribution in [1.29, 1.82) is 0 Å². The molecule has 0 aliphatic heterocycles. The molecular weight excluding hydrogens is 312 g/mol. The van der Waals surface area contributed by atoms with Crippen molar-refractivity contribution in [3.63, 3.8) is 0 Å². The number of nitrogens with zero attached hydrogens (tertiary/aromatic N) is 3. The summed E-state index contributed by atoms with van der Waals surface area (Å²) < 4.78 is 5.83. The third kappa shape index (κ3) is 2.76. The Kier molecular flexibility index (Phi) is 3.87. The van der Waals surface area contributed by atoms with Crippen LogP contribution in [0.4, 0.5) is 11.4 Å². The zero-order chi connectivity index (χ0) is 17.3. The van der Waals surface area contributed by atoms with Gasteiger partial charge in [-0.2, -0.15) is 5.11 Å². The lowest BCUT2D eigenvalue weighted by Crippen LogP contribution is -2.21. The van der Waals surface area contributed by atoms with Crippen LogP contribution in [0.3, 0.4) is 0 Å². The maximum Gasteiger partial charge on any atom is 0.366 e. The molecule has 0 spiro atoms. The molecule has 122 valence electrons. The van der Waals surface area contributed by atoms with Crippen LogP contribution in [0.15, 0.2) is 60.6 Å². The molecule has 2 heterocycles. The minimum Gasteiger partial charge on any atom is -0.505 e. The van der Waals surface area contributed by atoms with E-state index < -0.39 is 11.2 Å². The average Bonchev–Trinajstić information content (AvgIpc) is 2.80. The molecule has 0 bridgehead atoms. The van der Waals surface area contributed by atoms with Gasteiger partial charge in [0.05, 0.1) is 11.4 Å². The van der Waals surface area contributed by atoms with Crippen LogP contribution in [0.2, 0.25) is 0 Å². The minimum atomic E-state index is -0.831. The second-order valence-corrected chi connectivity index (χ2v) is 5.14. The summed E-state index contributed by atoms with van der Waals surface area (Å²) in [5.41, 5.74) is -0.713. The highest BCUT2D eigenvalue weighted by Gasteiger charge is 2.19. The van der Waals surface area contributed by atoms with Gasteiger partial charge in [-0.15, -0.1) is 5.11 Å². The lowest BCUT2D eigenvalue weighted by molar-refractivity contribution is 0.426. The van der Waals surface area contributed by atoms with Gasteiger partial charge in [0.1, 0.15) is 5.76 Å². The van der Waals surface area contributed by atoms with Crippen LogP contribution in [0.5, 0.6) is 5.75 Å². The van der Waals surface area contributed by atoms with E-state index >= 15 is 0 Å². The van der Waals surface area contributed by atoms with Crippen molar-refractivity contribution in [2.24, 2.45) is 10.2 Å². The van der Waals surface area contributed by atoms with E-state index in [1.807, 2.05) is 6.07 Å². The van der Waals surface area contributed by atoms with Crippen LogP contribution in [0, 0.1) is 13.8 Å². The Balaban J connectivity index is 2.10. The lowest BCUT2D eigenvalue weighted by Gasteiger charge is -2.03. The molecule has 0 unspecified atom stereocenters. The van der Waals surface area contributed by atoms with E-state index in [1.165, 1.54) is 13.0 Å². The molecule has 8 nitrogen and oxygen atoms in total. The molecule has 3 rings (SSSR count). The van der Waals surface area contributed by atoms with Gasteiger partial charge in [0.25, 0.3) is 5.56 Å². The summed E-state index contributed by atoms with van der Waals surface area (Å²) in [6, 6.07) is 10.2. The standard InChI is InChI=1S/C16H14N4O4/c1-9-8-12(21)14(16(23)24-9)20-15(22)13(10(2)19-20)18-17-11-6-4-3-5-7-11/h3-8,19,21H,1-2H3. The van der Waals surface area contributed by atoms with Gasteiger partial charge in [-0.3, -0.25) is 9.89 Å². The number of benzene rings is 1. The predicted molar refractivity (Wildman–Crippen MR) is 86.7 cm³/mol. The van der Waals surface area contributed by atoms with E-state index in [1.54, 1.807) is 31.2 Å². The Bertz CT molecular complexity index is 1030. The first-order valence-corrected chi connectivity index (χ1v) is 7.10. The van der Waals surface area contributed by atoms with Crippen LogP contribution < -0.4 is 11.2 Å². The molecule has 0 aliphatic rings. The first-order chi connectivity index (χ1) is 11.5. The Hall–Kier alpha value is -3.42. The summed E-state index contributed by atoms with van der Waals surface area (Å²) in [7, 11) is 0. The second-order valence-electron chi connectivity index (χ2n) is 5.14. The predicted octanol–water partition coefficient (Wildman–Crippen LogP) is 2.86. The normalized spacial score (nSPS) is 11.2. The molecule has 2 aromatic heterocycles. The SMILES string of the molecule is Cc1cc(O)c(-n2[nH]c(C)c(N=Nc3ccccc3)c2=O)c(=O)o1. The smallest absolute Gasteiger partial charge is 0.366 e. The van der Waals surface area contributed by atoms with Crippen LogP contribution in [0.1, 0.15) is 11.5 Å². The maximum atomic E-state index is 12.5. The Morgan fingerprint density at radius 1 is 1.12 bits per heavy atom. The first kappa shape index (κ1) is 15.5. The number of nitrogens with one attached hydrogen (secondary N) is 1. The van der Waals surface area contributed by atoms with Crippen LogP contribution in [-0.4, -0.2) is 14.9 Å². The van der Waals surface area contributed by atoms with E-state index in [9.17, 15) is 14.7 Å². The zero-order valence-electron chi connectivity index (χ0n) is 13.0. The fourth-order valence-electron chi connectivity index (χ4n) is 2.21. The Morgan fingerprint density at radius 3 is 2.50 bits per heavy atom. The van der Waals surface area contributed by atoms with Crippen molar-refractivity contribution < 1.29 is 9.52 Å². The molecule has 0 saturated heterocycles. The fraction of sp³-hybridized carbons (Fsp3) is 0.125.